The molecule has 18 heavy (non-hydrogen) atoms. The van der Waals surface area contributed by atoms with Crippen LogP contribution in [0.3, 0.4) is 0 Å². The van der Waals surface area contributed by atoms with Crippen LogP contribution in [0, 0.1) is 0 Å². The van der Waals surface area contributed by atoms with Crippen molar-refractivity contribution in [2.24, 2.45) is 0 Å². The smallest absolute Gasteiger partial charge is 0.247 e. The van der Waals surface area contributed by atoms with Crippen LogP contribution in [-0.2, 0) is 16.5 Å². The lowest BCUT2D eigenvalue weighted by atomic mass is 10.2. The zero-order chi connectivity index (χ0) is 13.2. The summed E-state index contributed by atoms with van der Waals surface area (Å²) in [6, 6.07) is 6.51. The maximum Gasteiger partial charge on any atom is 0.247 e. The van der Waals surface area contributed by atoms with E-state index in [2.05, 4.69) is 15.0 Å². The van der Waals surface area contributed by atoms with Crippen molar-refractivity contribution in [2.75, 3.05) is 6.26 Å². The summed E-state index contributed by atoms with van der Waals surface area (Å²) in [6.45, 7) is -0.856. The summed E-state index contributed by atoms with van der Waals surface area (Å²) in [5.41, 5.74) is 0.782. The first-order valence-electron chi connectivity index (χ1n) is 5.06. The summed E-state index contributed by atoms with van der Waals surface area (Å²) in [5.74, 6) is 0. The molecule has 0 saturated carbocycles. The highest BCUT2D eigenvalue weighted by Gasteiger charge is 2.15. The fourth-order valence-corrected chi connectivity index (χ4v) is 1.90. The lowest BCUT2D eigenvalue weighted by molar-refractivity contribution is 0.471. The Kier molecular flexibility index (Phi) is 3.33. The zero-order valence-corrected chi connectivity index (χ0v) is 10.4. The molecule has 0 aliphatic carbocycles. The number of sulfone groups is 1. The maximum absolute atomic E-state index is 12.7. The quantitative estimate of drug-likeness (QED) is 0.786. The Morgan fingerprint density at radius 1 is 1.22 bits per heavy atom. The van der Waals surface area contributed by atoms with Crippen molar-refractivity contribution < 1.29 is 12.8 Å². The van der Waals surface area contributed by atoms with Crippen molar-refractivity contribution in [3.05, 3.63) is 36.2 Å². The van der Waals surface area contributed by atoms with Crippen LogP contribution >= 0.6 is 0 Å². The van der Waals surface area contributed by atoms with Gasteiger partial charge in [0.1, 0.15) is 6.67 Å². The first-order chi connectivity index (χ1) is 8.50. The van der Waals surface area contributed by atoms with Crippen LogP contribution in [0.2, 0.25) is 0 Å². The third-order valence-corrected chi connectivity index (χ3v) is 3.00. The topological polar surface area (TPSA) is 72.8 Å². The van der Waals surface area contributed by atoms with Crippen molar-refractivity contribution in [2.45, 2.75) is 11.8 Å². The average molecular weight is 267 g/mol. The molecule has 0 bridgehead atoms. The molecule has 0 radical (unpaired) electrons. The highest BCUT2D eigenvalue weighted by Crippen LogP contribution is 2.17. The number of pyridine rings is 1. The number of nitrogens with zero attached hydrogens (tertiary/aromatic N) is 3. The van der Waals surface area contributed by atoms with E-state index in [1.165, 1.54) is 6.07 Å². The van der Waals surface area contributed by atoms with Crippen molar-refractivity contribution in [3.63, 3.8) is 0 Å². The first kappa shape index (κ1) is 12.6. The van der Waals surface area contributed by atoms with Gasteiger partial charge in [-0.1, -0.05) is 6.07 Å². The van der Waals surface area contributed by atoms with Gasteiger partial charge in [-0.25, -0.2) is 22.8 Å². The predicted octanol–water partition coefficient (Wildman–Crippen LogP) is 1.41. The maximum atomic E-state index is 12.7. The van der Waals surface area contributed by atoms with Gasteiger partial charge >= 0.3 is 0 Å². The van der Waals surface area contributed by atoms with Gasteiger partial charge < -0.3 is 0 Å². The Bertz CT molecular complexity index is 659. The third kappa shape index (κ3) is 2.67. The van der Waals surface area contributed by atoms with Gasteiger partial charge in [-0.05, 0) is 18.2 Å². The number of hydrogen-bond donors (Lipinski definition) is 0. The monoisotopic (exact) mass is 267 g/mol. The summed E-state index contributed by atoms with van der Waals surface area (Å²) in [7, 11) is -3.58. The molecule has 0 unspecified atom stereocenters. The lowest BCUT2D eigenvalue weighted by Crippen LogP contribution is -2.07. The molecular weight excluding hydrogens is 257 g/mol. The molecule has 0 spiro atoms. The second kappa shape index (κ2) is 4.77. The van der Waals surface area contributed by atoms with Gasteiger partial charge in [0.05, 0.1) is 17.1 Å². The van der Waals surface area contributed by atoms with E-state index in [0.717, 1.165) is 6.26 Å². The zero-order valence-electron chi connectivity index (χ0n) is 9.54. The van der Waals surface area contributed by atoms with E-state index in [4.69, 9.17) is 0 Å². The molecule has 0 atom stereocenters. The Hall–Kier alpha value is -1.89. The summed E-state index contributed by atoms with van der Waals surface area (Å²) < 4.78 is 35.5. The summed E-state index contributed by atoms with van der Waals surface area (Å²) in [6.07, 6.45) is 2.53. The molecule has 2 rings (SSSR count). The van der Waals surface area contributed by atoms with Crippen LogP contribution < -0.4 is 0 Å². The number of hydrogen-bond acceptors (Lipinski definition) is 5. The predicted molar refractivity (Wildman–Crippen MR) is 63.2 cm³/mol. The number of alkyl halides is 1. The molecule has 0 aromatic carbocycles. The fourth-order valence-electron chi connectivity index (χ4n) is 1.35. The van der Waals surface area contributed by atoms with Gasteiger partial charge in [-0.15, -0.1) is 0 Å². The second-order valence-electron chi connectivity index (χ2n) is 3.65. The van der Waals surface area contributed by atoms with E-state index in [1.807, 2.05) is 0 Å². The third-order valence-electron chi connectivity index (χ3n) is 2.15. The lowest BCUT2D eigenvalue weighted by Gasteiger charge is -2.04. The Morgan fingerprint density at radius 2 is 2.00 bits per heavy atom. The molecule has 94 valence electrons. The van der Waals surface area contributed by atoms with E-state index in [1.54, 1.807) is 24.4 Å². The Morgan fingerprint density at radius 3 is 2.56 bits per heavy atom. The molecule has 7 heteroatoms. The van der Waals surface area contributed by atoms with Crippen molar-refractivity contribution in [3.8, 4) is 11.4 Å². The number of rotatable bonds is 3. The minimum atomic E-state index is -3.58. The van der Waals surface area contributed by atoms with Crippen LogP contribution in [0.4, 0.5) is 4.39 Å². The van der Waals surface area contributed by atoms with E-state index < -0.39 is 21.7 Å². The molecule has 2 heterocycles. The first-order valence-corrected chi connectivity index (χ1v) is 6.95. The van der Waals surface area contributed by atoms with Gasteiger partial charge in [0.15, 0.2) is 0 Å². The van der Waals surface area contributed by atoms with Gasteiger partial charge in [-0.3, -0.25) is 4.98 Å². The molecule has 0 aliphatic rings. The standard InChI is InChI=1S/C11H10FN3O2S/c1-18(16,17)11-14-8(7-12)6-10(15-11)9-4-2-3-5-13-9/h2-6H,7H2,1H3. The van der Waals surface area contributed by atoms with Gasteiger partial charge in [0.25, 0.3) is 0 Å². The highest BCUT2D eigenvalue weighted by molar-refractivity contribution is 7.90. The molecule has 0 fully saturated rings. The molecule has 5 nitrogen and oxygen atoms in total. The van der Waals surface area contributed by atoms with E-state index in [-0.39, 0.29) is 5.69 Å². The highest BCUT2D eigenvalue weighted by atomic mass is 32.2. The van der Waals surface area contributed by atoms with E-state index >= 15 is 0 Å². The average Bonchev–Trinajstić information content (AvgIpc) is 2.38. The number of aromatic nitrogens is 3. The van der Waals surface area contributed by atoms with E-state index in [9.17, 15) is 12.8 Å². The summed E-state index contributed by atoms with van der Waals surface area (Å²) in [5, 5.41) is -0.390. The molecule has 0 N–H and O–H groups in total. The Balaban J connectivity index is 2.62. The van der Waals surface area contributed by atoms with Crippen LogP contribution in [0.15, 0.2) is 35.6 Å². The van der Waals surface area contributed by atoms with Crippen LogP contribution in [-0.4, -0.2) is 29.6 Å². The normalized spacial score (nSPS) is 11.4. The minimum absolute atomic E-state index is 0.0195. The van der Waals surface area contributed by atoms with Crippen molar-refractivity contribution in [1.82, 2.24) is 15.0 Å². The van der Waals surface area contributed by atoms with Crippen LogP contribution in [0.5, 0.6) is 0 Å². The van der Waals surface area contributed by atoms with Crippen LogP contribution in [0.1, 0.15) is 5.69 Å². The number of halogens is 1. The molecule has 2 aromatic rings. The molecule has 0 amide bonds. The van der Waals surface area contributed by atoms with Crippen molar-refractivity contribution in [1.29, 1.82) is 0 Å². The molecule has 0 saturated heterocycles. The fraction of sp³-hybridized carbons (Fsp3) is 0.182. The van der Waals surface area contributed by atoms with Crippen LogP contribution in [0.25, 0.3) is 11.4 Å². The van der Waals surface area contributed by atoms with E-state index in [0.29, 0.717) is 11.4 Å². The van der Waals surface area contributed by atoms with Gasteiger partial charge in [-0.2, -0.15) is 0 Å². The second-order valence-corrected chi connectivity index (χ2v) is 5.56. The molecule has 2 aromatic heterocycles. The minimum Gasteiger partial charge on any atom is -0.255 e. The summed E-state index contributed by atoms with van der Waals surface area (Å²) in [4.78, 5) is 11.6. The molecule has 0 aliphatic heterocycles. The largest absolute Gasteiger partial charge is 0.255 e. The van der Waals surface area contributed by atoms with Gasteiger partial charge in [0.2, 0.25) is 15.0 Å². The van der Waals surface area contributed by atoms with Crippen molar-refractivity contribution >= 4 is 9.84 Å². The SMILES string of the molecule is CS(=O)(=O)c1nc(CF)cc(-c2ccccn2)n1. The summed E-state index contributed by atoms with van der Waals surface area (Å²) >= 11 is 0. The van der Waals surface area contributed by atoms with Gasteiger partial charge in [0, 0.05) is 12.5 Å². The Labute approximate surface area is 104 Å². The molecular formula is C11H10FN3O2S.